The molecule has 1 aliphatic carbocycles. The van der Waals surface area contributed by atoms with Crippen LogP contribution in [-0.4, -0.2) is 25.7 Å². The number of aliphatic hydroxyl groups excluding tert-OH is 1. The molecule has 8 nitrogen and oxygen atoms in total. The molecule has 3 aromatic rings. The Bertz CT molecular complexity index is 1480. The maximum absolute atomic E-state index is 14.7. The summed E-state index contributed by atoms with van der Waals surface area (Å²) < 4.78 is 21.4. The monoisotopic (exact) mass is 451 g/mol. The first kappa shape index (κ1) is 20.5. The molecule has 0 amide bonds. The van der Waals surface area contributed by atoms with Gasteiger partial charge in [-0.15, -0.1) is 0 Å². The highest BCUT2D eigenvalue weighted by Crippen LogP contribution is 2.47. The number of nitrogens with two attached hydrogens (primary N) is 1. The fourth-order valence-corrected chi connectivity index (χ4v) is 5.68. The van der Waals surface area contributed by atoms with Gasteiger partial charge in [-0.2, -0.15) is 0 Å². The normalized spacial score (nSPS) is 25.0. The van der Waals surface area contributed by atoms with Crippen LogP contribution in [-0.2, 0) is 28.3 Å². The van der Waals surface area contributed by atoms with E-state index in [-0.39, 0.29) is 42.7 Å². The minimum absolute atomic E-state index is 0.0432. The van der Waals surface area contributed by atoms with Crippen molar-refractivity contribution in [2.24, 2.45) is 5.73 Å². The van der Waals surface area contributed by atoms with Crippen molar-refractivity contribution in [3.8, 4) is 11.4 Å². The van der Waals surface area contributed by atoms with Gasteiger partial charge in [0.15, 0.2) is 5.60 Å². The maximum Gasteiger partial charge on any atom is 0.343 e. The van der Waals surface area contributed by atoms with Crippen molar-refractivity contribution in [3.63, 3.8) is 0 Å². The summed E-state index contributed by atoms with van der Waals surface area (Å²) in [6.45, 7) is 3.25. The number of carbonyl (C=O) groups is 1. The van der Waals surface area contributed by atoms with Gasteiger partial charge in [-0.05, 0) is 42.5 Å². The molecule has 33 heavy (non-hydrogen) atoms. The number of hydrogen-bond donors (Lipinski definition) is 3. The number of ether oxygens (including phenoxy) is 1. The third-order valence-corrected chi connectivity index (χ3v) is 7.45. The molecule has 0 fully saturated rings. The van der Waals surface area contributed by atoms with Gasteiger partial charge >= 0.3 is 5.97 Å². The minimum atomic E-state index is -1.92. The minimum Gasteiger partial charge on any atom is -0.458 e. The molecule has 3 atom stereocenters. The van der Waals surface area contributed by atoms with Crippen LogP contribution in [0.5, 0.6) is 0 Å². The summed E-state index contributed by atoms with van der Waals surface area (Å²) in [4.78, 5) is 30.4. The predicted molar refractivity (Wildman–Crippen MR) is 116 cm³/mol. The molecule has 4 heterocycles. The molecule has 1 aromatic carbocycles. The summed E-state index contributed by atoms with van der Waals surface area (Å²) in [6.07, 6.45) is -0.642. The van der Waals surface area contributed by atoms with Crippen molar-refractivity contribution in [2.75, 3.05) is 0 Å². The maximum atomic E-state index is 14.7. The second-order valence-corrected chi connectivity index (χ2v) is 9.10. The van der Waals surface area contributed by atoms with Crippen molar-refractivity contribution >= 4 is 16.9 Å². The van der Waals surface area contributed by atoms with Gasteiger partial charge in [0.2, 0.25) is 0 Å². The Labute approximate surface area is 187 Å². The number of fused-ring (bicyclic) bond motifs is 5. The summed E-state index contributed by atoms with van der Waals surface area (Å²) in [6, 6.07) is 2.42. The highest BCUT2D eigenvalue weighted by atomic mass is 19.1. The molecule has 3 aliphatic rings. The van der Waals surface area contributed by atoms with Crippen LogP contribution < -0.4 is 11.3 Å². The van der Waals surface area contributed by atoms with E-state index in [1.165, 1.54) is 10.6 Å². The molecule has 170 valence electrons. The highest BCUT2D eigenvalue weighted by molar-refractivity contribution is 5.93. The standard InChI is InChI=1S/C24H22FN3O5/c1-3-24(32)12-4-16-21-10(7-28(16)22(30)11(12)8-33-23(24)31)19-14(26)6-17(29)18-9(2)13(25)5-15(27-21)20(18)19/h4-5,14,17,29,32H,3,6-8,26H2,1-2H3/t14?,17?,24-/m0/s1. The van der Waals surface area contributed by atoms with Crippen molar-refractivity contribution in [1.82, 2.24) is 9.55 Å². The van der Waals surface area contributed by atoms with Gasteiger partial charge in [0.05, 0.1) is 35.1 Å². The number of hydrogen-bond acceptors (Lipinski definition) is 7. The van der Waals surface area contributed by atoms with Crippen LogP contribution in [0.1, 0.15) is 65.3 Å². The van der Waals surface area contributed by atoms with E-state index in [0.717, 1.165) is 11.1 Å². The molecule has 0 spiro atoms. The lowest BCUT2D eigenvalue weighted by molar-refractivity contribution is -0.172. The van der Waals surface area contributed by atoms with Crippen LogP contribution >= 0.6 is 0 Å². The second-order valence-electron chi connectivity index (χ2n) is 9.10. The molecule has 2 aromatic heterocycles. The van der Waals surface area contributed by atoms with Crippen LogP contribution in [0.2, 0.25) is 0 Å². The van der Waals surface area contributed by atoms with Crippen molar-refractivity contribution in [2.45, 2.75) is 57.6 Å². The molecule has 0 saturated heterocycles. The summed E-state index contributed by atoms with van der Waals surface area (Å²) in [5.74, 6) is -1.27. The van der Waals surface area contributed by atoms with E-state index >= 15 is 0 Å². The van der Waals surface area contributed by atoms with E-state index in [1.807, 2.05) is 0 Å². The van der Waals surface area contributed by atoms with E-state index in [2.05, 4.69) is 4.98 Å². The van der Waals surface area contributed by atoms with Gasteiger partial charge in [-0.3, -0.25) is 4.79 Å². The number of rotatable bonds is 1. The summed E-state index contributed by atoms with van der Waals surface area (Å²) in [5, 5.41) is 22.3. The third kappa shape index (κ3) is 2.41. The SMILES string of the molecule is CC[C@@]1(O)C(=O)OCc2c1cc1n(c2=O)Cc2c-1nc1cc(F)c(C)c3c1c2C(N)CC3O. The lowest BCUT2D eigenvalue weighted by Crippen LogP contribution is -2.44. The Balaban J connectivity index is 1.71. The molecular formula is C24H22FN3O5. The van der Waals surface area contributed by atoms with E-state index in [9.17, 15) is 24.2 Å². The van der Waals surface area contributed by atoms with Crippen molar-refractivity contribution in [3.05, 3.63) is 61.7 Å². The summed E-state index contributed by atoms with van der Waals surface area (Å²) >= 11 is 0. The van der Waals surface area contributed by atoms with Gasteiger partial charge in [-0.1, -0.05) is 6.92 Å². The largest absolute Gasteiger partial charge is 0.458 e. The smallest absolute Gasteiger partial charge is 0.343 e. The second kappa shape index (κ2) is 6.47. The van der Waals surface area contributed by atoms with E-state index in [4.69, 9.17) is 10.5 Å². The van der Waals surface area contributed by atoms with Gasteiger partial charge in [0, 0.05) is 28.6 Å². The zero-order valence-electron chi connectivity index (χ0n) is 18.1. The number of aliphatic hydroxyl groups is 2. The molecular weight excluding hydrogens is 429 g/mol. The lowest BCUT2D eigenvalue weighted by atomic mass is 9.80. The van der Waals surface area contributed by atoms with E-state index in [1.54, 1.807) is 19.9 Å². The number of esters is 1. The fourth-order valence-electron chi connectivity index (χ4n) is 5.68. The van der Waals surface area contributed by atoms with Gasteiger partial charge in [-0.25, -0.2) is 14.2 Å². The fraction of sp³-hybridized carbons (Fsp3) is 0.375. The van der Waals surface area contributed by atoms with Crippen LogP contribution in [0, 0.1) is 12.7 Å². The van der Waals surface area contributed by atoms with Gasteiger partial charge in [0.25, 0.3) is 5.56 Å². The zero-order valence-corrected chi connectivity index (χ0v) is 18.1. The molecule has 9 heteroatoms. The lowest BCUT2D eigenvalue weighted by Gasteiger charge is -2.31. The molecule has 2 aliphatic heterocycles. The first-order chi connectivity index (χ1) is 15.7. The van der Waals surface area contributed by atoms with Crippen LogP contribution in [0.4, 0.5) is 4.39 Å². The topological polar surface area (TPSA) is 128 Å². The number of halogens is 1. The first-order valence-electron chi connectivity index (χ1n) is 10.9. The Kier molecular flexibility index (Phi) is 4.01. The molecule has 0 radical (unpaired) electrons. The van der Waals surface area contributed by atoms with E-state index in [0.29, 0.717) is 33.4 Å². The van der Waals surface area contributed by atoms with Crippen LogP contribution in [0.15, 0.2) is 16.9 Å². The third-order valence-electron chi connectivity index (χ3n) is 7.45. The summed E-state index contributed by atoms with van der Waals surface area (Å²) in [7, 11) is 0. The molecule has 0 saturated carbocycles. The van der Waals surface area contributed by atoms with Gasteiger partial charge in [0.1, 0.15) is 12.4 Å². The predicted octanol–water partition coefficient (Wildman–Crippen LogP) is 1.96. The van der Waals surface area contributed by atoms with Crippen LogP contribution in [0.25, 0.3) is 22.3 Å². The van der Waals surface area contributed by atoms with E-state index < -0.39 is 29.5 Å². The Hall–Kier alpha value is -3.14. The molecule has 6 rings (SSSR count). The van der Waals surface area contributed by atoms with Crippen molar-refractivity contribution < 1.29 is 24.1 Å². The number of carbonyl (C=O) groups excluding carboxylic acids is 1. The average molecular weight is 451 g/mol. The molecule has 4 N–H and O–H groups in total. The Morgan fingerprint density at radius 1 is 1.30 bits per heavy atom. The number of nitrogens with zero attached hydrogens (tertiary/aromatic N) is 2. The number of benzene rings is 1. The molecule has 0 bridgehead atoms. The van der Waals surface area contributed by atoms with Gasteiger partial charge < -0.3 is 25.3 Å². The number of cyclic esters (lactones) is 1. The Morgan fingerprint density at radius 2 is 2.06 bits per heavy atom. The summed E-state index contributed by atoms with van der Waals surface area (Å²) in [5.41, 5.74) is 8.20. The highest BCUT2D eigenvalue weighted by Gasteiger charge is 2.46. The number of pyridine rings is 2. The Morgan fingerprint density at radius 3 is 2.79 bits per heavy atom. The molecule has 2 unspecified atom stereocenters. The zero-order chi connectivity index (χ0) is 23.4. The van der Waals surface area contributed by atoms with Crippen LogP contribution in [0.3, 0.4) is 0 Å². The first-order valence-corrected chi connectivity index (χ1v) is 10.9. The van der Waals surface area contributed by atoms with Crippen molar-refractivity contribution in [1.29, 1.82) is 0 Å². The quantitative estimate of drug-likeness (QED) is 0.378. The average Bonchev–Trinajstić information content (AvgIpc) is 3.14. The number of aromatic nitrogens is 2.